The summed E-state index contributed by atoms with van der Waals surface area (Å²) < 4.78 is 5.59. The van der Waals surface area contributed by atoms with E-state index in [1.165, 1.54) is 29.8 Å². The maximum absolute atomic E-state index is 5.59. The van der Waals surface area contributed by atoms with Crippen LogP contribution in [0.25, 0.3) is 22.7 Å². The average Bonchev–Trinajstić information content (AvgIpc) is 3.53. The van der Waals surface area contributed by atoms with Gasteiger partial charge in [-0.25, -0.2) is 0 Å². The first-order valence-electron chi connectivity index (χ1n) is 10.3. The Labute approximate surface area is 175 Å². The summed E-state index contributed by atoms with van der Waals surface area (Å²) >= 11 is 0. The normalized spacial score (nSPS) is 13.1. The summed E-state index contributed by atoms with van der Waals surface area (Å²) in [7, 11) is 0. The van der Waals surface area contributed by atoms with Crippen LogP contribution in [0.2, 0.25) is 0 Å². The van der Waals surface area contributed by atoms with Crippen LogP contribution in [0.5, 0.6) is 0 Å². The molecule has 0 saturated heterocycles. The van der Waals surface area contributed by atoms with Gasteiger partial charge in [0.1, 0.15) is 0 Å². The topological polar surface area (TPSA) is 74.1 Å². The highest BCUT2D eigenvalue weighted by Crippen LogP contribution is 2.37. The van der Waals surface area contributed by atoms with Crippen LogP contribution in [0.1, 0.15) is 25.3 Å². The van der Waals surface area contributed by atoms with Gasteiger partial charge in [0.15, 0.2) is 5.76 Å². The summed E-state index contributed by atoms with van der Waals surface area (Å²) in [6, 6.07) is 19.2. The van der Waals surface area contributed by atoms with Crippen LogP contribution in [0.3, 0.4) is 0 Å². The molecule has 7 nitrogen and oxygen atoms in total. The SMILES string of the molecule is CCCCN1CN(Cc2ccc(-c3ccoc3-c3nn[nH]n3)cc2)c2ccccc21. The number of nitrogens with zero attached hydrogens (tertiary/aromatic N) is 5. The molecule has 2 aromatic carbocycles. The minimum absolute atomic E-state index is 0.458. The van der Waals surface area contributed by atoms with Gasteiger partial charge in [0, 0.05) is 18.7 Å². The lowest BCUT2D eigenvalue weighted by Gasteiger charge is -2.22. The van der Waals surface area contributed by atoms with E-state index >= 15 is 0 Å². The molecule has 0 spiro atoms. The first kappa shape index (κ1) is 18.4. The van der Waals surface area contributed by atoms with Gasteiger partial charge in [-0.2, -0.15) is 5.21 Å². The lowest BCUT2D eigenvalue weighted by molar-refractivity contribution is 0.578. The molecule has 0 radical (unpaired) electrons. The van der Waals surface area contributed by atoms with Crippen LogP contribution < -0.4 is 9.80 Å². The second-order valence-corrected chi connectivity index (χ2v) is 7.54. The molecule has 0 fully saturated rings. The molecule has 0 aliphatic carbocycles. The number of H-pyrrole nitrogens is 1. The molecule has 5 rings (SSSR count). The molecule has 0 unspecified atom stereocenters. The van der Waals surface area contributed by atoms with Crippen molar-refractivity contribution in [3.8, 4) is 22.7 Å². The Kier molecular flexibility index (Phi) is 4.93. The lowest BCUT2D eigenvalue weighted by atomic mass is 10.0. The van der Waals surface area contributed by atoms with E-state index in [2.05, 4.69) is 85.9 Å². The number of aromatic amines is 1. The molecule has 3 heterocycles. The minimum Gasteiger partial charge on any atom is -0.460 e. The number of tetrazole rings is 1. The summed E-state index contributed by atoms with van der Waals surface area (Å²) in [5, 5.41) is 14.1. The van der Waals surface area contributed by atoms with Gasteiger partial charge in [0.2, 0.25) is 5.82 Å². The van der Waals surface area contributed by atoms with Crippen LogP contribution in [0, 0.1) is 0 Å². The van der Waals surface area contributed by atoms with Crippen molar-refractivity contribution in [1.29, 1.82) is 0 Å². The second-order valence-electron chi connectivity index (χ2n) is 7.54. The summed E-state index contributed by atoms with van der Waals surface area (Å²) in [6.45, 7) is 5.15. The molecular weight excluding hydrogens is 376 g/mol. The Morgan fingerprint density at radius 3 is 2.53 bits per heavy atom. The third-order valence-electron chi connectivity index (χ3n) is 5.54. The fourth-order valence-corrected chi connectivity index (χ4v) is 4.01. The van der Waals surface area contributed by atoms with Crippen LogP contribution in [-0.4, -0.2) is 33.8 Å². The highest BCUT2D eigenvalue weighted by molar-refractivity contribution is 5.77. The number of benzene rings is 2. The summed E-state index contributed by atoms with van der Waals surface area (Å²) in [5.74, 6) is 1.08. The molecule has 7 heteroatoms. The zero-order valence-corrected chi connectivity index (χ0v) is 17.0. The smallest absolute Gasteiger partial charge is 0.240 e. The van der Waals surface area contributed by atoms with Crippen molar-refractivity contribution in [2.24, 2.45) is 0 Å². The van der Waals surface area contributed by atoms with E-state index in [4.69, 9.17) is 4.42 Å². The van der Waals surface area contributed by atoms with Crippen molar-refractivity contribution < 1.29 is 4.42 Å². The van der Waals surface area contributed by atoms with Gasteiger partial charge >= 0.3 is 0 Å². The zero-order valence-electron chi connectivity index (χ0n) is 17.0. The molecule has 0 amide bonds. The molecule has 152 valence electrons. The Hall–Kier alpha value is -3.61. The molecule has 0 atom stereocenters. The number of fused-ring (bicyclic) bond motifs is 1. The molecule has 1 aliphatic heterocycles. The predicted molar refractivity (Wildman–Crippen MR) is 117 cm³/mol. The molecule has 2 aromatic heterocycles. The highest BCUT2D eigenvalue weighted by Gasteiger charge is 2.25. The maximum Gasteiger partial charge on any atom is 0.240 e. The van der Waals surface area contributed by atoms with Crippen molar-refractivity contribution in [1.82, 2.24) is 20.6 Å². The van der Waals surface area contributed by atoms with E-state index in [1.54, 1.807) is 6.26 Å². The third kappa shape index (κ3) is 3.43. The molecule has 1 N–H and O–H groups in total. The lowest BCUT2D eigenvalue weighted by Crippen LogP contribution is -2.31. The average molecular weight is 400 g/mol. The van der Waals surface area contributed by atoms with Gasteiger partial charge in [-0.15, -0.1) is 10.2 Å². The predicted octanol–water partition coefficient (Wildman–Crippen LogP) is 4.71. The number of unbranched alkanes of at least 4 members (excludes halogenated alkanes) is 1. The number of nitrogens with one attached hydrogen (secondary N) is 1. The molecule has 0 saturated carbocycles. The standard InChI is InChI=1S/C23H24N6O/c1-2-3-13-28-16-29(21-7-5-4-6-20(21)28)15-17-8-10-18(11-9-17)19-12-14-30-22(19)23-24-26-27-25-23/h4-12,14H,2-3,13,15-16H2,1H3,(H,24,25,26,27). The summed E-state index contributed by atoms with van der Waals surface area (Å²) in [6.07, 6.45) is 4.07. The number of furan rings is 1. The van der Waals surface area contributed by atoms with Gasteiger partial charge in [-0.05, 0) is 41.0 Å². The first-order valence-corrected chi connectivity index (χ1v) is 10.3. The number of hydrogen-bond acceptors (Lipinski definition) is 6. The van der Waals surface area contributed by atoms with E-state index in [0.29, 0.717) is 11.6 Å². The van der Waals surface area contributed by atoms with Crippen molar-refractivity contribution in [3.05, 3.63) is 66.4 Å². The van der Waals surface area contributed by atoms with E-state index in [-0.39, 0.29) is 0 Å². The van der Waals surface area contributed by atoms with Crippen molar-refractivity contribution in [2.75, 3.05) is 23.0 Å². The molecular formula is C23H24N6O. The van der Waals surface area contributed by atoms with E-state index in [1.807, 2.05) is 6.07 Å². The van der Waals surface area contributed by atoms with Gasteiger partial charge in [0.05, 0.1) is 24.3 Å². The molecule has 0 bridgehead atoms. The number of anilines is 2. The Balaban J connectivity index is 1.35. The van der Waals surface area contributed by atoms with Gasteiger partial charge in [-0.3, -0.25) is 0 Å². The van der Waals surface area contributed by atoms with Gasteiger partial charge < -0.3 is 14.2 Å². The van der Waals surface area contributed by atoms with Crippen LogP contribution >= 0.6 is 0 Å². The third-order valence-corrected chi connectivity index (χ3v) is 5.54. The van der Waals surface area contributed by atoms with Crippen LogP contribution in [-0.2, 0) is 6.54 Å². The maximum atomic E-state index is 5.59. The molecule has 1 aliphatic rings. The Morgan fingerprint density at radius 1 is 1.00 bits per heavy atom. The summed E-state index contributed by atoms with van der Waals surface area (Å²) in [4.78, 5) is 4.93. The van der Waals surface area contributed by atoms with E-state index in [0.717, 1.165) is 30.9 Å². The Bertz CT molecular complexity index is 1100. The van der Waals surface area contributed by atoms with Crippen molar-refractivity contribution in [3.63, 3.8) is 0 Å². The fraction of sp³-hybridized carbons (Fsp3) is 0.261. The molecule has 30 heavy (non-hydrogen) atoms. The quantitative estimate of drug-likeness (QED) is 0.484. The monoisotopic (exact) mass is 400 g/mol. The fourth-order valence-electron chi connectivity index (χ4n) is 4.01. The Morgan fingerprint density at radius 2 is 1.80 bits per heavy atom. The van der Waals surface area contributed by atoms with Gasteiger partial charge in [0.25, 0.3) is 0 Å². The van der Waals surface area contributed by atoms with Crippen molar-refractivity contribution >= 4 is 11.4 Å². The number of rotatable bonds is 7. The number of hydrogen-bond donors (Lipinski definition) is 1. The van der Waals surface area contributed by atoms with Crippen molar-refractivity contribution in [2.45, 2.75) is 26.3 Å². The van der Waals surface area contributed by atoms with Crippen LogP contribution in [0.15, 0.2) is 65.3 Å². The molecule has 4 aromatic rings. The second kappa shape index (κ2) is 8.02. The van der Waals surface area contributed by atoms with E-state index < -0.39 is 0 Å². The van der Waals surface area contributed by atoms with E-state index in [9.17, 15) is 0 Å². The van der Waals surface area contributed by atoms with Crippen LogP contribution in [0.4, 0.5) is 11.4 Å². The first-order chi connectivity index (χ1) is 14.8. The summed E-state index contributed by atoms with van der Waals surface area (Å²) in [5.41, 5.74) is 5.95. The minimum atomic E-state index is 0.458. The largest absolute Gasteiger partial charge is 0.460 e. The highest BCUT2D eigenvalue weighted by atomic mass is 16.3. The number of aromatic nitrogens is 4. The van der Waals surface area contributed by atoms with Gasteiger partial charge in [-0.1, -0.05) is 49.7 Å². The number of para-hydroxylation sites is 2. The zero-order chi connectivity index (χ0) is 20.3.